The SMILES string of the molecule is Cc1ccccc1OC(CN)c1ccccc1Cl. The normalized spacial score (nSPS) is 12.2. The van der Waals surface area contributed by atoms with Gasteiger partial charge in [-0.25, -0.2) is 0 Å². The molecule has 0 saturated carbocycles. The molecule has 94 valence electrons. The van der Waals surface area contributed by atoms with Crippen molar-refractivity contribution in [1.29, 1.82) is 0 Å². The molecule has 0 spiro atoms. The summed E-state index contributed by atoms with van der Waals surface area (Å²) in [5.41, 5.74) is 7.80. The number of ether oxygens (including phenoxy) is 1. The Bertz CT molecular complexity index is 527. The Morgan fingerprint density at radius 1 is 1.11 bits per heavy atom. The van der Waals surface area contributed by atoms with Gasteiger partial charge in [-0.15, -0.1) is 0 Å². The number of aryl methyl sites for hydroxylation is 1. The molecule has 0 heterocycles. The second kappa shape index (κ2) is 5.89. The monoisotopic (exact) mass is 261 g/mol. The van der Waals surface area contributed by atoms with Crippen LogP contribution in [0.4, 0.5) is 0 Å². The van der Waals surface area contributed by atoms with E-state index in [9.17, 15) is 0 Å². The molecule has 1 atom stereocenters. The van der Waals surface area contributed by atoms with Crippen LogP contribution in [0, 0.1) is 6.92 Å². The van der Waals surface area contributed by atoms with Crippen LogP contribution >= 0.6 is 11.6 Å². The van der Waals surface area contributed by atoms with Crippen LogP contribution in [0.15, 0.2) is 48.5 Å². The van der Waals surface area contributed by atoms with Crippen LogP contribution in [0.3, 0.4) is 0 Å². The minimum atomic E-state index is -0.222. The highest BCUT2D eigenvalue weighted by molar-refractivity contribution is 6.31. The number of rotatable bonds is 4. The molecule has 0 bridgehead atoms. The summed E-state index contributed by atoms with van der Waals surface area (Å²) < 4.78 is 5.95. The van der Waals surface area contributed by atoms with Crippen LogP contribution in [0.25, 0.3) is 0 Å². The van der Waals surface area contributed by atoms with Crippen LogP contribution in [-0.4, -0.2) is 6.54 Å². The van der Waals surface area contributed by atoms with E-state index < -0.39 is 0 Å². The van der Waals surface area contributed by atoms with Gasteiger partial charge in [0.2, 0.25) is 0 Å². The molecular formula is C15H16ClNO. The van der Waals surface area contributed by atoms with Crippen LogP contribution in [0.1, 0.15) is 17.2 Å². The summed E-state index contributed by atoms with van der Waals surface area (Å²) >= 11 is 6.17. The third-order valence-electron chi connectivity index (χ3n) is 2.83. The lowest BCUT2D eigenvalue weighted by molar-refractivity contribution is 0.213. The van der Waals surface area contributed by atoms with E-state index in [1.807, 2.05) is 55.5 Å². The fraction of sp³-hybridized carbons (Fsp3) is 0.200. The van der Waals surface area contributed by atoms with Gasteiger partial charge < -0.3 is 10.5 Å². The zero-order valence-electron chi connectivity index (χ0n) is 10.3. The molecule has 2 rings (SSSR count). The first-order chi connectivity index (χ1) is 8.72. The molecule has 2 N–H and O–H groups in total. The minimum absolute atomic E-state index is 0.222. The summed E-state index contributed by atoms with van der Waals surface area (Å²) in [6.07, 6.45) is -0.222. The van der Waals surface area contributed by atoms with Gasteiger partial charge >= 0.3 is 0 Å². The molecule has 2 aromatic carbocycles. The minimum Gasteiger partial charge on any atom is -0.484 e. The second-order valence-corrected chi connectivity index (χ2v) is 4.54. The highest BCUT2D eigenvalue weighted by Gasteiger charge is 2.15. The zero-order chi connectivity index (χ0) is 13.0. The standard InChI is InChI=1S/C15H16ClNO/c1-11-6-2-5-9-14(11)18-15(10-17)12-7-3-4-8-13(12)16/h2-9,15H,10,17H2,1H3. The predicted octanol–water partition coefficient (Wildman–Crippen LogP) is 3.73. The molecule has 2 aromatic rings. The lowest BCUT2D eigenvalue weighted by Crippen LogP contribution is -2.19. The molecule has 2 nitrogen and oxygen atoms in total. The quantitative estimate of drug-likeness (QED) is 0.910. The molecule has 0 fully saturated rings. The molecule has 0 amide bonds. The maximum absolute atomic E-state index is 6.17. The van der Waals surface area contributed by atoms with Gasteiger partial charge in [-0.3, -0.25) is 0 Å². The predicted molar refractivity (Wildman–Crippen MR) is 75.1 cm³/mol. The van der Waals surface area contributed by atoms with Gasteiger partial charge in [0.25, 0.3) is 0 Å². The summed E-state index contributed by atoms with van der Waals surface area (Å²) in [6.45, 7) is 2.40. The molecule has 0 aliphatic heterocycles. The molecule has 0 aliphatic rings. The fourth-order valence-electron chi connectivity index (χ4n) is 1.82. The molecule has 0 saturated heterocycles. The maximum atomic E-state index is 6.17. The Balaban J connectivity index is 2.26. The summed E-state index contributed by atoms with van der Waals surface area (Å²) in [5.74, 6) is 0.841. The van der Waals surface area contributed by atoms with E-state index in [1.165, 1.54) is 0 Å². The Hall–Kier alpha value is -1.51. The number of para-hydroxylation sites is 1. The Morgan fingerprint density at radius 3 is 2.44 bits per heavy atom. The molecule has 0 aliphatic carbocycles. The van der Waals surface area contributed by atoms with Crippen molar-refractivity contribution < 1.29 is 4.74 Å². The summed E-state index contributed by atoms with van der Waals surface area (Å²) in [4.78, 5) is 0. The van der Waals surface area contributed by atoms with E-state index in [-0.39, 0.29) is 6.10 Å². The van der Waals surface area contributed by atoms with Gasteiger partial charge in [-0.1, -0.05) is 48.0 Å². The van der Waals surface area contributed by atoms with Crippen molar-refractivity contribution in [2.45, 2.75) is 13.0 Å². The first-order valence-electron chi connectivity index (χ1n) is 5.89. The van der Waals surface area contributed by atoms with Gasteiger partial charge in [0, 0.05) is 17.1 Å². The van der Waals surface area contributed by atoms with Gasteiger partial charge in [0.1, 0.15) is 11.9 Å². The number of hydrogen-bond donors (Lipinski definition) is 1. The van der Waals surface area contributed by atoms with Gasteiger partial charge in [-0.05, 0) is 24.6 Å². The Kier molecular flexibility index (Phi) is 4.24. The largest absolute Gasteiger partial charge is 0.484 e. The van der Waals surface area contributed by atoms with Crippen molar-refractivity contribution in [3.8, 4) is 5.75 Å². The molecule has 0 aromatic heterocycles. The van der Waals surface area contributed by atoms with Gasteiger partial charge in [-0.2, -0.15) is 0 Å². The first kappa shape index (κ1) is 12.9. The molecule has 1 unspecified atom stereocenters. The lowest BCUT2D eigenvalue weighted by atomic mass is 10.1. The van der Waals surface area contributed by atoms with E-state index in [1.54, 1.807) is 0 Å². The number of nitrogens with two attached hydrogens (primary N) is 1. The number of hydrogen-bond acceptors (Lipinski definition) is 2. The second-order valence-electron chi connectivity index (χ2n) is 4.13. The van der Waals surface area contributed by atoms with Crippen molar-refractivity contribution in [1.82, 2.24) is 0 Å². The number of halogens is 1. The maximum Gasteiger partial charge on any atom is 0.137 e. The van der Waals surface area contributed by atoms with E-state index in [2.05, 4.69) is 0 Å². The topological polar surface area (TPSA) is 35.2 Å². The summed E-state index contributed by atoms with van der Waals surface area (Å²) in [6, 6.07) is 15.5. The van der Waals surface area contributed by atoms with E-state index >= 15 is 0 Å². The summed E-state index contributed by atoms with van der Waals surface area (Å²) in [5, 5.41) is 0.682. The Labute approximate surface area is 112 Å². The smallest absolute Gasteiger partial charge is 0.137 e. The molecule has 3 heteroatoms. The Morgan fingerprint density at radius 2 is 1.78 bits per heavy atom. The van der Waals surface area contributed by atoms with E-state index in [0.717, 1.165) is 16.9 Å². The summed E-state index contributed by atoms with van der Waals surface area (Å²) in [7, 11) is 0. The van der Waals surface area contributed by atoms with Crippen molar-refractivity contribution in [2.24, 2.45) is 5.73 Å². The molecular weight excluding hydrogens is 246 g/mol. The van der Waals surface area contributed by atoms with Gasteiger partial charge in [0.15, 0.2) is 0 Å². The molecule has 0 radical (unpaired) electrons. The van der Waals surface area contributed by atoms with Crippen molar-refractivity contribution in [2.75, 3.05) is 6.54 Å². The van der Waals surface area contributed by atoms with Crippen molar-refractivity contribution in [3.05, 3.63) is 64.7 Å². The third-order valence-corrected chi connectivity index (χ3v) is 3.17. The fourth-order valence-corrected chi connectivity index (χ4v) is 2.07. The number of benzene rings is 2. The van der Waals surface area contributed by atoms with Gasteiger partial charge in [0.05, 0.1) is 0 Å². The highest BCUT2D eigenvalue weighted by atomic mass is 35.5. The lowest BCUT2D eigenvalue weighted by Gasteiger charge is -2.20. The van der Waals surface area contributed by atoms with E-state index in [4.69, 9.17) is 22.1 Å². The highest BCUT2D eigenvalue weighted by Crippen LogP contribution is 2.28. The zero-order valence-corrected chi connectivity index (χ0v) is 11.0. The van der Waals surface area contributed by atoms with Crippen molar-refractivity contribution >= 4 is 11.6 Å². The van der Waals surface area contributed by atoms with Crippen LogP contribution < -0.4 is 10.5 Å². The van der Waals surface area contributed by atoms with Crippen LogP contribution in [0.5, 0.6) is 5.75 Å². The first-order valence-corrected chi connectivity index (χ1v) is 6.27. The average molecular weight is 262 g/mol. The van der Waals surface area contributed by atoms with Crippen LogP contribution in [-0.2, 0) is 0 Å². The molecule has 18 heavy (non-hydrogen) atoms. The van der Waals surface area contributed by atoms with E-state index in [0.29, 0.717) is 11.6 Å². The average Bonchev–Trinajstić information content (AvgIpc) is 2.39. The van der Waals surface area contributed by atoms with Crippen LogP contribution in [0.2, 0.25) is 5.02 Å². The van der Waals surface area contributed by atoms with Crippen molar-refractivity contribution in [3.63, 3.8) is 0 Å². The third kappa shape index (κ3) is 2.84.